The minimum atomic E-state index is -6.05. The van der Waals surface area contributed by atoms with Crippen molar-refractivity contribution in [1.82, 2.24) is 24.5 Å². The Morgan fingerprint density at radius 3 is 2.44 bits per heavy atom. The fourth-order valence-corrected chi connectivity index (χ4v) is 4.55. The van der Waals surface area contributed by atoms with E-state index in [0.29, 0.717) is 15.8 Å². The summed E-state index contributed by atoms with van der Waals surface area (Å²) >= 11 is 5.71. The van der Waals surface area contributed by atoms with Crippen LogP contribution in [0.5, 0.6) is 0 Å². The first-order valence-electron chi connectivity index (χ1n) is 10.3. The molecule has 0 unspecified atom stereocenters. The van der Waals surface area contributed by atoms with Gasteiger partial charge in [0.15, 0.2) is 11.5 Å². The summed E-state index contributed by atoms with van der Waals surface area (Å²) in [5.74, 6) is -9.60. The van der Waals surface area contributed by atoms with Gasteiger partial charge in [0.2, 0.25) is 0 Å². The summed E-state index contributed by atoms with van der Waals surface area (Å²) in [7, 11) is 2.69. The van der Waals surface area contributed by atoms with Crippen LogP contribution in [0.4, 0.5) is 30.7 Å². The predicted molar refractivity (Wildman–Crippen MR) is 118 cm³/mol. The number of nitrogens with zero attached hydrogens (tertiary/aromatic N) is 5. The Kier molecular flexibility index (Phi) is 6.79. The lowest BCUT2D eigenvalue weighted by atomic mass is 10.1. The van der Waals surface area contributed by atoms with Crippen molar-refractivity contribution < 1.29 is 35.5 Å². The Hall–Kier alpha value is -2.74. The molecule has 0 spiro atoms. The topological polar surface area (TPSA) is 56.0 Å². The third-order valence-electron chi connectivity index (χ3n) is 5.58. The van der Waals surface area contributed by atoms with Gasteiger partial charge in [0.05, 0.1) is 21.7 Å². The molecule has 36 heavy (non-hydrogen) atoms. The molecule has 3 aromatic rings. The van der Waals surface area contributed by atoms with Gasteiger partial charge in [-0.2, -0.15) is 40.9 Å². The van der Waals surface area contributed by atoms with E-state index >= 15 is 0 Å². The van der Waals surface area contributed by atoms with E-state index in [4.69, 9.17) is 11.6 Å². The van der Waals surface area contributed by atoms with Crippen molar-refractivity contribution in [2.45, 2.75) is 41.6 Å². The maximum Gasteiger partial charge on any atom is 0.459 e. The van der Waals surface area contributed by atoms with Crippen LogP contribution in [0.25, 0.3) is 16.9 Å². The summed E-state index contributed by atoms with van der Waals surface area (Å²) in [5.41, 5.74) is -0.882. The van der Waals surface area contributed by atoms with Gasteiger partial charge in [0.1, 0.15) is 0 Å². The quantitative estimate of drug-likeness (QED) is 0.260. The molecule has 2 heterocycles. The van der Waals surface area contributed by atoms with Crippen LogP contribution in [0.1, 0.15) is 28.9 Å². The van der Waals surface area contributed by atoms with Crippen LogP contribution in [0.2, 0.25) is 5.02 Å². The summed E-state index contributed by atoms with van der Waals surface area (Å²) in [6.45, 7) is 0. The molecule has 1 aliphatic carbocycles. The SMILES string of the molecule is CN(C(=O)c1cc(-c2cnn(-c3c(SC(F)F)c(C(F)(F)C(F)(F)F)nn3C)c2)ccc1Cl)C1CC1. The second-order valence-electron chi connectivity index (χ2n) is 8.09. The molecule has 0 aliphatic heterocycles. The van der Waals surface area contributed by atoms with Crippen molar-refractivity contribution in [2.24, 2.45) is 7.05 Å². The van der Waals surface area contributed by atoms with Gasteiger partial charge < -0.3 is 4.90 Å². The number of halogens is 8. The summed E-state index contributed by atoms with van der Waals surface area (Å²) < 4.78 is 95.0. The number of rotatable bonds is 7. The number of carbonyl (C=O) groups is 1. The summed E-state index contributed by atoms with van der Waals surface area (Å²) in [6.07, 6.45) is -1.81. The third-order valence-corrected chi connectivity index (χ3v) is 6.70. The van der Waals surface area contributed by atoms with E-state index in [2.05, 4.69) is 10.2 Å². The maximum atomic E-state index is 14.1. The molecule has 0 bridgehead atoms. The number of benzene rings is 1. The highest BCUT2D eigenvalue weighted by Crippen LogP contribution is 2.48. The highest BCUT2D eigenvalue weighted by Gasteiger charge is 2.62. The van der Waals surface area contributed by atoms with Gasteiger partial charge in [-0.15, -0.1) is 0 Å². The smallest absolute Gasteiger partial charge is 0.339 e. The second kappa shape index (κ2) is 9.29. The largest absolute Gasteiger partial charge is 0.459 e. The number of alkyl halides is 7. The summed E-state index contributed by atoms with van der Waals surface area (Å²) in [5, 5.41) is 7.38. The zero-order valence-electron chi connectivity index (χ0n) is 18.5. The van der Waals surface area contributed by atoms with Crippen molar-refractivity contribution in [2.75, 3.05) is 7.05 Å². The Morgan fingerprint density at radius 2 is 1.86 bits per heavy atom. The van der Waals surface area contributed by atoms with Crippen LogP contribution in [0.3, 0.4) is 0 Å². The maximum absolute atomic E-state index is 14.1. The summed E-state index contributed by atoms with van der Waals surface area (Å²) in [6, 6.07) is 4.65. The molecule has 1 amide bonds. The molecule has 194 valence electrons. The highest BCUT2D eigenvalue weighted by atomic mass is 35.5. The minimum Gasteiger partial charge on any atom is -0.339 e. The van der Waals surface area contributed by atoms with Crippen molar-refractivity contribution in [1.29, 1.82) is 0 Å². The third kappa shape index (κ3) is 4.80. The molecule has 0 N–H and O–H groups in total. The number of amides is 1. The van der Waals surface area contributed by atoms with Crippen LogP contribution in [-0.2, 0) is 13.0 Å². The van der Waals surface area contributed by atoms with E-state index in [-0.39, 0.29) is 22.5 Å². The fraction of sp³-hybridized carbons (Fsp3) is 0.381. The lowest BCUT2D eigenvalue weighted by Gasteiger charge is -2.18. The molecule has 1 aromatic carbocycles. The molecular formula is C21H17ClF7N5OS. The highest BCUT2D eigenvalue weighted by molar-refractivity contribution is 7.99. The Morgan fingerprint density at radius 1 is 1.19 bits per heavy atom. The van der Waals surface area contributed by atoms with Crippen LogP contribution in [0, 0.1) is 0 Å². The van der Waals surface area contributed by atoms with Gasteiger partial charge in [0.25, 0.3) is 11.7 Å². The molecular weight excluding hydrogens is 539 g/mol. The average Bonchev–Trinajstić information content (AvgIpc) is 3.44. The monoisotopic (exact) mass is 555 g/mol. The zero-order valence-corrected chi connectivity index (χ0v) is 20.1. The minimum absolute atomic E-state index is 0.125. The van der Waals surface area contributed by atoms with Crippen LogP contribution in [0.15, 0.2) is 35.5 Å². The molecule has 0 atom stereocenters. The molecule has 1 fully saturated rings. The molecule has 2 aromatic heterocycles. The number of aromatic nitrogens is 4. The average molecular weight is 556 g/mol. The lowest BCUT2D eigenvalue weighted by molar-refractivity contribution is -0.292. The lowest BCUT2D eigenvalue weighted by Crippen LogP contribution is -2.34. The van der Waals surface area contributed by atoms with Crippen LogP contribution in [-0.4, -0.2) is 55.4 Å². The van der Waals surface area contributed by atoms with Crippen LogP contribution >= 0.6 is 23.4 Å². The van der Waals surface area contributed by atoms with Gasteiger partial charge in [0, 0.05) is 31.9 Å². The molecule has 4 rings (SSSR count). The van der Waals surface area contributed by atoms with Gasteiger partial charge in [-0.25, -0.2) is 9.36 Å². The van der Waals surface area contributed by atoms with E-state index in [1.807, 2.05) is 0 Å². The fourth-order valence-electron chi connectivity index (χ4n) is 3.56. The Bertz CT molecular complexity index is 1300. The molecule has 0 saturated heterocycles. The number of hydrogen-bond donors (Lipinski definition) is 0. The first-order chi connectivity index (χ1) is 16.7. The number of thioether (sulfide) groups is 1. The van der Waals surface area contributed by atoms with Gasteiger partial charge in [-0.1, -0.05) is 17.7 Å². The van der Waals surface area contributed by atoms with E-state index < -0.39 is 46.0 Å². The first kappa shape index (κ1) is 26.3. The molecule has 1 saturated carbocycles. The summed E-state index contributed by atoms with van der Waals surface area (Å²) in [4.78, 5) is 13.3. The molecule has 6 nitrogen and oxygen atoms in total. The normalized spacial score (nSPS) is 14.5. The van der Waals surface area contributed by atoms with Crippen molar-refractivity contribution in [3.05, 3.63) is 46.9 Å². The molecule has 0 radical (unpaired) electrons. The standard InChI is InChI=1S/C21H17ClF7N5OS/c1-32(12-4-5-12)18(35)13-7-10(3-6-14(13)22)11-8-30-34(9-11)17-15(36-19(23)24)16(31-33(17)2)20(25,26)21(27,28)29/h3,6-9,12,19H,4-5H2,1-2H3. The van der Waals surface area contributed by atoms with Crippen LogP contribution < -0.4 is 0 Å². The van der Waals surface area contributed by atoms with E-state index in [0.717, 1.165) is 24.6 Å². The Labute approximate surface area is 209 Å². The number of hydrogen-bond acceptors (Lipinski definition) is 4. The molecule has 15 heteroatoms. The van der Waals surface area contributed by atoms with Gasteiger partial charge in [-0.3, -0.25) is 4.79 Å². The number of carbonyl (C=O) groups excluding carboxylic acids is 1. The van der Waals surface area contributed by atoms with Gasteiger partial charge in [-0.05, 0) is 42.3 Å². The second-order valence-corrected chi connectivity index (χ2v) is 9.50. The van der Waals surface area contributed by atoms with E-state index in [1.165, 1.54) is 24.5 Å². The van der Waals surface area contributed by atoms with E-state index in [1.54, 1.807) is 18.0 Å². The number of aryl methyl sites for hydroxylation is 1. The Balaban J connectivity index is 1.76. The van der Waals surface area contributed by atoms with Crippen molar-refractivity contribution >= 4 is 29.3 Å². The predicted octanol–water partition coefficient (Wildman–Crippen LogP) is 6.13. The molecule has 1 aliphatic rings. The van der Waals surface area contributed by atoms with Crippen molar-refractivity contribution in [3.8, 4) is 16.9 Å². The zero-order chi connectivity index (χ0) is 26.6. The van der Waals surface area contributed by atoms with Crippen molar-refractivity contribution in [3.63, 3.8) is 0 Å². The van der Waals surface area contributed by atoms with E-state index in [9.17, 15) is 35.5 Å². The first-order valence-corrected chi connectivity index (χ1v) is 11.6. The van der Waals surface area contributed by atoms with Gasteiger partial charge >= 0.3 is 12.1 Å².